The number of allylic oxidation sites excluding steroid dienone is 2. The van der Waals surface area contributed by atoms with E-state index in [0.717, 1.165) is 17.7 Å². The van der Waals surface area contributed by atoms with Gasteiger partial charge in [-0.1, -0.05) is 23.8 Å². The molecule has 6 nitrogen and oxygen atoms in total. The standard InChI is InChI=1S/C17H13ClN2O4/c18-8-1-4-11(12(7-8)20(23)24)19-15(21)13-9-2-3-10(14(13)16(19)22)17(9)5-6-17/h1-4,7,9-10,13-14H,5-6H2/t9-,10-,13-,14-/m1/s1. The second kappa shape index (κ2) is 4.25. The van der Waals surface area contributed by atoms with Crippen LogP contribution in [0.1, 0.15) is 12.8 Å². The zero-order valence-electron chi connectivity index (χ0n) is 12.5. The number of carbonyl (C=O) groups is 2. The molecule has 0 N–H and O–H groups in total. The van der Waals surface area contributed by atoms with Crippen LogP contribution in [0.15, 0.2) is 30.4 Å². The minimum Gasteiger partial charge on any atom is -0.274 e. The predicted molar refractivity (Wildman–Crippen MR) is 85.4 cm³/mol. The van der Waals surface area contributed by atoms with E-state index in [2.05, 4.69) is 12.2 Å². The summed E-state index contributed by atoms with van der Waals surface area (Å²) in [5.41, 5.74) is -0.178. The molecule has 5 rings (SSSR count). The third-order valence-electron chi connectivity index (χ3n) is 6.23. The highest BCUT2D eigenvalue weighted by molar-refractivity contribution is 6.31. The number of rotatable bonds is 2. The predicted octanol–water partition coefficient (Wildman–Crippen LogP) is 2.95. The van der Waals surface area contributed by atoms with Crippen LogP contribution in [0.2, 0.25) is 5.02 Å². The molecule has 2 saturated carbocycles. The summed E-state index contributed by atoms with van der Waals surface area (Å²) in [4.78, 5) is 37.7. The number of hydrogen-bond donors (Lipinski definition) is 0. The van der Waals surface area contributed by atoms with Crippen molar-refractivity contribution in [1.82, 2.24) is 0 Å². The van der Waals surface area contributed by atoms with Crippen LogP contribution < -0.4 is 4.90 Å². The number of anilines is 1. The van der Waals surface area contributed by atoms with Gasteiger partial charge in [-0.2, -0.15) is 0 Å². The number of carbonyl (C=O) groups excluding carboxylic acids is 2. The summed E-state index contributed by atoms with van der Waals surface area (Å²) in [6, 6.07) is 4.04. The third kappa shape index (κ3) is 1.48. The summed E-state index contributed by atoms with van der Waals surface area (Å²) in [5.74, 6) is -1.16. The van der Waals surface area contributed by atoms with E-state index in [1.54, 1.807) is 0 Å². The molecule has 1 aromatic rings. The molecule has 4 aliphatic rings. The van der Waals surface area contributed by atoms with Gasteiger partial charge in [0.1, 0.15) is 5.69 Å². The fourth-order valence-electron chi connectivity index (χ4n) is 5.15. The highest BCUT2D eigenvalue weighted by Gasteiger charge is 2.73. The van der Waals surface area contributed by atoms with Crippen molar-refractivity contribution in [1.29, 1.82) is 0 Å². The number of nitro benzene ring substituents is 1. The van der Waals surface area contributed by atoms with Crippen molar-refractivity contribution in [2.75, 3.05) is 4.90 Å². The highest BCUT2D eigenvalue weighted by atomic mass is 35.5. The van der Waals surface area contributed by atoms with Crippen molar-refractivity contribution in [2.24, 2.45) is 29.1 Å². The summed E-state index contributed by atoms with van der Waals surface area (Å²) in [6.45, 7) is 0. The van der Waals surface area contributed by atoms with Crippen LogP contribution in [-0.2, 0) is 9.59 Å². The first-order valence-electron chi connectivity index (χ1n) is 7.96. The van der Waals surface area contributed by atoms with Gasteiger partial charge in [0.15, 0.2) is 0 Å². The Bertz CT molecular complexity index is 826. The first-order chi connectivity index (χ1) is 11.5. The smallest absolute Gasteiger partial charge is 0.274 e. The van der Waals surface area contributed by atoms with E-state index in [1.165, 1.54) is 18.2 Å². The van der Waals surface area contributed by atoms with Crippen LogP contribution in [0.25, 0.3) is 0 Å². The molecule has 1 spiro atoms. The van der Waals surface area contributed by atoms with Crippen LogP contribution in [0.5, 0.6) is 0 Å². The van der Waals surface area contributed by atoms with Gasteiger partial charge in [0, 0.05) is 11.1 Å². The molecule has 24 heavy (non-hydrogen) atoms. The molecular weight excluding hydrogens is 332 g/mol. The Hall–Kier alpha value is -2.21. The lowest BCUT2D eigenvalue weighted by atomic mass is 9.85. The monoisotopic (exact) mass is 344 g/mol. The Morgan fingerprint density at radius 3 is 2.21 bits per heavy atom. The molecule has 3 aliphatic carbocycles. The lowest BCUT2D eigenvalue weighted by Gasteiger charge is -2.21. The van der Waals surface area contributed by atoms with E-state index in [0.29, 0.717) is 0 Å². The Labute approximate surface area is 142 Å². The molecule has 2 amide bonds. The van der Waals surface area contributed by atoms with Gasteiger partial charge >= 0.3 is 0 Å². The summed E-state index contributed by atoms with van der Waals surface area (Å²) >= 11 is 5.84. The Balaban J connectivity index is 1.60. The fourth-order valence-corrected chi connectivity index (χ4v) is 5.31. The molecule has 0 aromatic heterocycles. The largest absolute Gasteiger partial charge is 0.294 e. The second-order valence-electron chi connectivity index (χ2n) is 7.12. The van der Waals surface area contributed by atoms with E-state index < -0.39 is 4.92 Å². The summed E-state index contributed by atoms with van der Waals surface area (Å²) < 4.78 is 0. The number of amides is 2. The van der Waals surface area contributed by atoms with Gasteiger partial charge in [-0.05, 0) is 42.2 Å². The van der Waals surface area contributed by atoms with Crippen LogP contribution >= 0.6 is 11.6 Å². The highest BCUT2D eigenvalue weighted by Crippen LogP contribution is 2.73. The number of benzene rings is 1. The number of imide groups is 1. The van der Waals surface area contributed by atoms with Gasteiger partial charge in [0.25, 0.3) is 5.69 Å². The molecule has 1 aliphatic heterocycles. The van der Waals surface area contributed by atoms with Gasteiger partial charge in [-0.15, -0.1) is 0 Å². The molecule has 7 heteroatoms. The first-order valence-corrected chi connectivity index (χ1v) is 8.33. The quantitative estimate of drug-likeness (QED) is 0.357. The maximum absolute atomic E-state index is 13.0. The zero-order valence-corrected chi connectivity index (χ0v) is 13.3. The summed E-state index contributed by atoms with van der Waals surface area (Å²) in [6.07, 6.45) is 6.27. The van der Waals surface area contributed by atoms with Gasteiger partial charge < -0.3 is 0 Å². The molecule has 1 heterocycles. The van der Waals surface area contributed by atoms with E-state index in [-0.39, 0.29) is 57.3 Å². The Morgan fingerprint density at radius 2 is 1.71 bits per heavy atom. The Morgan fingerprint density at radius 1 is 1.12 bits per heavy atom. The number of nitrogens with zero attached hydrogens (tertiary/aromatic N) is 2. The maximum atomic E-state index is 13.0. The van der Waals surface area contributed by atoms with Crippen molar-refractivity contribution < 1.29 is 14.5 Å². The lowest BCUT2D eigenvalue weighted by molar-refractivity contribution is -0.384. The average Bonchev–Trinajstić information content (AvgIpc) is 3.14. The SMILES string of the molecule is O=C1[C@H]2[C@H](C(=O)N1c1ccc(Cl)cc1[N+](=O)[O-])[C@H]1C=C[C@H]2C12CC2. The van der Waals surface area contributed by atoms with E-state index in [9.17, 15) is 19.7 Å². The molecule has 1 saturated heterocycles. The summed E-state index contributed by atoms with van der Waals surface area (Å²) in [7, 11) is 0. The molecular formula is C17H13ClN2O4. The van der Waals surface area contributed by atoms with Crippen LogP contribution in [0.3, 0.4) is 0 Å². The topological polar surface area (TPSA) is 80.5 Å². The molecule has 122 valence electrons. The molecule has 4 atom stereocenters. The minimum absolute atomic E-state index is 0.0260. The van der Waals surface area contributed by atoms with Crippen molar-refractivity contribution in [3.8, 4) is 0 Å². The second-order valence-corrected chi connectivity index (χ2v) is 7.56. The van der Waals surface area contributed by atoms with Gasteiger partial charge in [-0.3, -0.25) is 19.7 Å². The fraction of sp³-hybridized carbons (Fsp3) is 0.412. The average molecular weight is 345 g/mol. The van der Waals surface area contributed by atoms with E-state index in [1.807, 2.05) is 0 Å². The Kier molecular flexibility index (Phi) is 2.51. The third-order valence-corrected chi connectivity index (χ3v) is 6.46. The molecule has 0 radical (unpaired) electrons. The van der Waals surface area contributed by atoms with E-state index in [4.69, 9.17) is 11.6 Å². The van der Waals surface area contributed by atoms with Gasteiger partial charge in [-0.25, -0.2) is 4.90 Å². The minimum atomic E-state index is -0.606. The van der Waals surface area contributed by atoms with Crippen LogP contribution in [-0.4, -0.2) is 16.7 Å². The normalized spacial score (nSPS) is 34.3. The number of fused-ring (bicyclic) bond motifs is 3. The van der Waals surface area contributed by atoms with Gasteiger partial charge in [0.05, 0.1) is 16.8 Å². The number of nitro groups is 1. The molecule has 2 bridgehead atoms. The first kappa shape index (κ1) is 14.2. The van der Waals surface area contributed by atoms with Crippen molar-refractivity contribution >= 4 is 34.8 Å². The molecule has 3 fully saturated rings. The number of halogens is 1. The van der Waals surface area contributed by atoms with Gasteiger partial charge in [0.2, 0.25) is 11.8 Å². The molecule has 1 aromatic carbocycles. The van der Waals surface area contributed by atoms with E-state index >= 15 is 0 Å². The van der Waals surface area contributed by atoms with Crippen molar-refractivity contribution in [2.45, 2.75) is 12.8 Å². The zero-order chi connectivity index (χ0) is 16.8. The van der Waals surface area contributed by atoms with Crippen LogP contribution in [0, 0.1) is 39.2 Å². The number of hydrogen-bond acceptors (Lipinski definition) is 4. The van der Waals surface area contributed by atoms with Crippen molar-refractivity contribution in [3.05, 3.63) is 45.5 Å². The summed E-state index contributed by atoms with van der Waals surface area (Å²) in [5, 5.41) is 11.5. The lowest BCUT2D eigenvalue weighted by Crippen LogP contribution is -2.35. The molecule has 0 unspecified atom stereocenters. The van der Waals surface area contributed by atoms with Crippen LogP contribution in [0.4, 0.5) is 11.4 Å². The van der Waals surface area contributed by atoms with Crippen molar-refractivity contribution in [3.63, 3.8) is 0 Å². The maximum Gasteiger partial charge on any atom is 0.294 e.